The Labute approximate surface area is 144 Å². The molecule has 0 aliphatic heterocycles. The summed E-state index contributed by atoms with van der Waals surface area (Å²) in [7, 11) is -7.44. The van der Waals surface area contributed by atoms with Gasteiger partial charge in [0.1, 0.15) is 6.10 Å². The summed E-state index contributed by atoms with van der Waals surface area (Å²) in [4.78, 5) is 12.2. The van der Waals surface area contributed by atoms with Gasteiger partial charge in [-0.05, 0) is 20.3 Å². The average molecular weight is 386 g/mol. The SMILES string of the molecule is CCC(C)(C)C(=O)OC1CC(OS(C)(=O)=O)CC(OS(C)(=O)=O)C1. The molecule has 0 spiro atoms. The van der Waals surface area contributed by atoms with Crippen LogP contribution >= 0.6 is 0 Å². The lowest BCUT2D eigenvalue weighted by Gasteiger charge is -2.34. The van der Waals surface area contributed by atoms with E-state index in [1.165, 1.54) is 0 Å². The van der Waals surface area contributed by atoms with Crippen LogP contribution in [0.1, 0.15) is 46.5 Å². The van der Waals surface area contributed by atoms with Gasteiger partial charge in [0.15, 0.2) is 0 Å². The largest absolute Gasteiger partial charge is 0.462 e. The first-order chi connectivity index (χ1) is 10.7. The van der Waals surface area contributed by atoms with Crippen LogP contribution in [0.25, 0.3) is 0 Å². The smallest absolute Gasteiger partial charge is 0.311 e. The van der Waals surface area contributed by atoms with Crippen LogP contribution in [0.15, 0.2) is 0 Å². The highest BCUT2D eigenvalue weighted by molar-refractivity contribution is 7.86. The Morgan fingerprint density at radius 2 is 1.29 bits per heavy atom. The summed E-state index contributed by atoms with van der Waals surface area (Å²) >= 11 is 0. The fourth-order valence-electron chi connectivity index (χ4n) is 2.37. The Kier molecular flexibility index (Phi) is 6.82. The molecule has 142 valence electrons. The Morgan fingerprint density at radius 1 is 0.917 bits per heavy atom. The Balaban J connectivity index is 2.88. The van der Waals surface area contributed by atoms with Crippen molar-refractivity contribution in [1.82, 2.24) is 0 Å². The maximum atomic E-state index is 12.2. The van der Waals surface area contributed by atoms with Crippen LogP contribution < -0.4 is 0 Å². The molecule has 2 atom stereocenters. The van der Waals surface area contributed by atoms with Crippen molar-refractivity contribution >= 4 is 26.2 Å². The predicted molar refractivity (Wildman–Crippen MR) is 87.2 cm³/mol. The molecule has 1 rings (SSSR count). The zero-order valence-electron chi connectivity index (χ0n) is 14.6. The van der Waals surface area contributed by atoms with Gasteiger partial charge in [0.05, 0.1) is 30.1 Å². The Bertz CT molecular complexity index is 608. The highest BCUT2D eigenvalue weighted by Crippen LogP contribution is 2.30. The second kappa shape index (κ2) is 7.67. The normalized spacial score (nSPS) is 26.1. The van der Waals surface area contributed by atoms with Gasteiger partial charge in [-0.2, -0.15) is 16.8 Å². The molecule has 10 heteroatoms. The summed E-state index contributed by atoms with van der Waals surface area (Å²) < 4.78 is 60.7. The number of hydrogen-bond acceptors (Lipinski definition) is 8. The van der Waals surface area contributed by atoms with Gasteiger partial charge >= 0.3 is 5.97 Å². The zero-order valence-corrected chi connectivity index (χ0v) is 16.3. The van der Waals surface area contributed by atoms with Crippen LogP contribution in [0.5, 0.6) is 0 Å². The first-order valence-corrected chi connectivity index (χ1v) is 11.3. The molecule has 1 aliphatic carbocycles. The fourth-order valence-corrected chi connectivity index (χ4v) is 3.67. The lowest BCUT2D eigenvalue weighted by molar-refractivity contribution is -0.164. The van der Waals surface area contributed by atoms with Crippen LogP contribution in [-0.4, -0.2) is 53.6 Å². The van der Waals surface area contributed by atoms with E-state index in [0.717, 1.165) is 12.5 Å². The second-order valence-corrected chi connectivity index (χ2v) is 10.0. The average Bonchev–Trinajstić information content (AvgIpc) is 2.33. The van der Waals surface area contributed by atoms with Crippen LogP contribution in [-0.2, 0) is 38.1 Å². The monoisotopic (exact) mass is 386 g/mol. The molecule has 0 amide bonds. The molecule has 1 fully saturated rings. The van der Waals surface area contributed by atoms with Crippen LogP contribution in [0.3, 0.4) is 0 Å². The number of hydrogen-bond donors (Lipinski definition) is 0. The third-order valence-corrected chi connectivity index (χ3v) is 5.15. The molecular weight excluding hydrogens is 360 g/mol. The van der Waals surface area contributed by atoms with Crippen molar-refractivity contribution in [2.45, 2.75) is 64.8 Å². The summed E-state index contributed by atoms with van der Waals surface area (Å²) in [6.45, 7) is 5.34. The van der Waals surface area contributed by atoms with Gasteiger partial charge in [-0.15, -0.1) is 0 Å². The number of rotatable bonds is 7. The maximum absolute atomic E-state index is 12.2. The first kappa shape index (κ1) is 21.3. The molecule has 0 saturated heterocycles. The highest BCUT2D eigenvalue weighted by Gasteiger charge is 2.38. The van der Waals surface area contributed by atoms with Gasteiger partial charge in [-0.25, -0.2) is 0 Å². The van der Waals surface area contributed by atoms with Crippen LogP contribution in [0.4, 0.5) is 0 Å². The number of carbonyl (C=O) groups excluding carboxylic acids is 1. The molecule has 0 bridgehead atoms. The van der Waals surface area contributed by atoms with Crippen molar-refractivity contribution in [3.63, 3.8) is 0 Å². The van der Waals surface area contributed by atoms with E-state index in [1.807, 2.05) is 6.92 Å². The quantitative estimate of drug-likeness (QED) is 0.474. The zero-order chi connectivity index (χ0) is 18.8. The van der Waals surface area contributed by atoms with E-state index >= 15 is 0 Å². The van der Waals surface area contributed by atoms with Crippen molar-refractivity contribution < 1.29 is 34.7 Å². The van der Waals surface area contributed by atoms with E-state index in [-0.39, 0.29) is 19.3 Å². The highest BCUT2D eigenvalue weighted by atomic mass is 32.2. The summed E-state index contributed by atoms with van der Waals surface area (Å²) in [6, 6.07) is 0. The molecule has 1 saturated carbocycles. The van der Waals surface area contributed by atoms with E-state index in [4.69, 9.17) is 13.1 Å². The minimum Gasteiger partial charge on any atom is -0.462 e. The summed E-state index contributed by atoms with van der Waals surface area (Å²) in [5.41, 5.74) is -0.683. The molecule has 0 heterocycles. The fraction of sp³-hybridized carbons (Fsp3) is 0.929. The minimum absolute atomic E-state index is 0.0887. The summed E-state index contributed by atoms with van der Waals surface area (Å²) in [5.74, 6) is -0.423. The number of esters is 1. The molecule has 24 heavy (non-hydrogen) atoms. The minimum atomic E-state index is -3.72. The van der Waals surface area contributed by atoms with Crippen LogP contribution in [0.2, 0.25) is 0 Å². The molecule has 0 N–H and O–H groups in total. The van der Waals surface area contributed by atoms with E-state index < -0.39 is 49.9 Å². The second-order valence-electron chi connectivity index (χ2n) is 6.82. The van der Waals surface area contributed by atoms with Gasteiger partial charge in [0, 0.05) is 19.3 Å². The predicted octanol–water partition coefficient (Wildman–Crippen LogP) is 1.21. The van der Waals surface area contributed by atoms with E-state index in [0.29, 0.717) is 6.42 Å². The standard InChI is InChI=1S/C14H26O8S2/c1-6-14(2,3)13(15)20-10-7-11(21-23(4,16)17)9-12(8-10)22-24(5,18)19/h10-12H,6-9H2,1-5H3. The van der Waals surface area contributed by atoms with Gasteiger partial charge < -0.3 is 4.74 Å². The van der Waals surface area contributed by atoms with Crippen molar-refractivity contribution in [3.8, 4) is 0 Å². The van der Waals surface area contributed by atoms with E-state index in [1.54, 1.807) is 13.8 Å². The molecule has 0 radical (unpaired) electrons. The molecule has 1 aliphatic rings. The van der Waals surface area contributed by atoms with Crippen LogP contribution in [0, 0.1) is 5.41 Å². The lowest BCUT2D eigenvalue weighted by Crippen LogP contribution is -2.41. The van der Waals surface area contributed by atoms with Crippen molar-refractivity contribution in [2.24, 2.45) is 5.41 Å². The van der Waals surface area contributed by atoms with Crippen molar-refractivity contribution in [3.05, 3.63) is 0 Å². The first-order valence-electron chi connectivity index (χ1n) is 7.69. The summed E-state index contributed by atoms with van der Waals surface area (Å²) in [6.07, 6.45) is 0.549. The number of ether oxygens (including phenoxy) is 1. The molecule has 0 aromatic rings. The molecule has 0 aromatic carbocycles. The number of carbonyl (C=O) groups is 1. The molecule has 2 unspecified atom stereocenters. The molecule has 8 nitrogen and oxygen atoms in total. The van der Waals surface area contributed by atoms with Gasteiger partial charge in [0.2, 0.25) is 0 Å². The van der Waals surface area contributed by atoms with Gasteiger partial charge in [-0.3, -0.25) is 13.2 Å². The van der Waals surface area contributed by atoms with E-state index in [9.17, 15) is 21.6 Å². The third kappa shape index (κ3) is 7.45. The topological polar surface area (TPSA) is 113 Å². The summed E-state index contributed by atoms with van der Waals surface area (Å²) in [5, 5.41) is 0. The Hall–Kier alpha value is -0.710. The van der Waals surface area contributed by atoms with E-state index in [2.05, 4.69) is 0 Å². The van der Waals surface area contributed by atoms with Crippen molar-refractivity contribution in [1.29, 1.82) is 0 Å². The van der Waals surface area contributed by atoms with Crippen molar-refractivity contribution in [2.75, 3.05) is 12.5 Å². The molecule has 0 aromatic heterocycles. The van der Waals surface area contributed by atoms with Gasteiger partial charge in [0.25, 0.3) is 20.2 Å². The Morgan fingerprint density at radius 3 is 1.62 bits per heavy atom. The molecular formula is C14H26O8S2. The third-order valence-electron chi connectivity index (χ3n) is 3.91. The lowest BCUT2D eigenvalue weighted by atomic mass is 9.89. The maximum Gasteiger partial charge on any atom is 0.311 e. The van der Waals surface area contributed by atoms with Gasteiger partial charge in [-0.1, -0.05) is 6.92 Å².